The number of rotatable bonds is 3. The van der Waals surface area contributed by atoms with Crippen LogP contribution < -0.4 is 0 Å². The fourth-order valence-electron chi connectivity index (χ4n) is 1.87. The van der Waals surface area contributed by atoms with Crippen molar-refractivity contribution in [2.45, 2.75) is 12.8 Å². The van der Waals surface area contributed by atoms with Crippen LogP contribution in [0.4, 0.5) is 0 Å². The van der Waals surface area contributed by atoms with Crippen LogP contribution in [0.5, 0.6) is 0 Å². The van der Waals surface area contributed by atoms with Gasteiger partial charge >= 0.3 is 0 Å². The number of aryl methyl sites for hydroxylation is 1. The first-order valence-corrected chi connectivity index (χ1v) is 8.17. The highest BCUT2D eigenvalue weighted by atomic mass is 35.5. The Bertz CT molecular complexity index is 669. The lowest BCUT2D eigenvalue weighted by molar-refractivity contribution is 1.37. The van der Waals surface area contributed by atoms with Crippen LogP contribution >= 0.6 is 34.3 Å². The van der Waals surface area contributed by atoms with E-state index in [1.807, 2.05) is 6.07 Å². The number of thiazole rings is 1. The van der Waals surface area contributed by atoms with Crippen LogP contribution in [0.1, 0.15) is 10.4 Å². The summed E-state index contributed by atoms with van der Waals surface area (Å²) < 4.78 is 0. The Kier molecular flexibility index (Phi) is 3.69. The Hall–Kier alpha value is -1.16. The summed E-state index contributed by atoms with van der Waals surface area (Å²) in [5.41, 5.74) is 3.45. The molecule has 0 bridgehead atoms. The van der Waals surface area contributed by atoms with Gasteiger partial charge in [0.05, 0.1) is 16.5 Å². The van der Waals surface area contributed by atoms with E-state index in [0.29, 0.717) is 5.88 Å². The number of nitrogens with zero attached hydrogens (tertiary/aromatic N) is 1. The maximum Gasteiger partial charge on any atom is 0.124 e. The molecule has 2 heterocycles. The van der Waals surface area contributed by atoms with Gasteiger partial charge in [-0.05, 0) is 18.4 Å². The summed E-state index contributed by atoms with van der Waals surface area (Å²) in [6, 6.07) is 12.6. The molecule has 0 saturated carbocycles. The molecule has 0 saturated heterocycles. The van der Waals surface area contributed by atoms with Gasteiger partial charge in [-0.3, -0.25) is 0 Å². The molecule has 2 aromatic heterocycles. The maximum atomic E-state index is 6.05. The van der Waals surface area contributed by atoms with Gasteiger partial charge in [-0.2, -0.15) is 0 Å². The minimum atomic E-state index is 0.511. The third-order valence-electron chi connectivity index (χ3n) is 2.87. The minimum Gasteiger partial charge on any atom is -0.235 e. The second kappa shape index (κ2) is 5.45. The topological polar surface area (TPSA) is 12.9 Å². The third-order valence-corrected chi connectivity index (χ3v) is 5.28. The number of hydrogen-bond donors (Lipinski definition) is 0. The van der Waals surface area contributed by atoms with E-state index < -0.39 is 0 Å². The molecule has 0 spiro atoms. The summed E-state index contributed by atoms with van der Waals surface area (Å²) in [7, 11) is 0. The van der Waals surface area contributed by atoms with Crippen molar-refractivity contribution in [3.8, 4) is 21.1 Å². The molecule has 4 heteroatoms. The van der Waals surface area contributed by atoms with Gasteiger partial charge in [0.1, 0.15) is 5.01 Å². The highest BCUT2D eigenvalue weighted by molar-refractivity contribution is 7.17. The van der Waals surface area contributed by atoms with Crippen LogP contribution in [0.25, 0.3) is 21.1 Å². The third kappa shape index (κ3) is 2.59. The van der Waals surface area contributed by atoms with Crippen molar-refractivity contribution in [3.05, 3.63) is 52.2 Å². The smallest absolute Gasteiger partial charge is 0.124 e. The van der Waals surface area contributed by atoms with Gasteiger partial charge in [0.2, 0.25) is 0 Å². The predicted molar refractivity (Wildman–Crippen MR) is 85.2 cm³/mol. The molecule has 0 aliphatic rings. The molecule has 0 N–H and O–H groups in total. The van der Waals surface area contributed by atoms with Crippen molar-refractivity contribution < 1.29 is 0 Å². The van der Waals surface area contributed by atoms with Crippen molar-refractivity contribution in [1.29, 1.82) is 0 Å². The van der Waals surface area contributed by atoms with E-state index >= 15 is 0 Å². The van der Waals surface area contributed by atoms with Gasteiger partial charge in [0, 0.05) is 10.4 Å². The molecular weight excluding hydrogens is 294 g/mol. The van der Waals surface area contributed by atoms with Gasteiger partial charge in [-0.1, -0.05) is 35.9 Å². The van der Waals surface area contributed by atoms with Crippen molar-refractivity contribution in [2.75, 3.05) is 0 Å². The van der Waals surface area contributed by atoms with Crippen LogP contribution in [-0.2, 0) is 5.88 Å². The Morgan fingerprint density at radius 3 is 2.58 bits per heavy atom. The van der Waals surface area contributed by atoms with E-state index in [1.165, 1.54) is 10.4 Å². The second-order valence-electron chi connectivity index (χ2n) is 4.27. The first-order chi connectivity index (χ1) is 9.28. The lowest BCUT2D eigenvalue weighted by Gasteiger charge is -1.96. The fraction of sp³-hybridized carbons (Fsp3) is 0.133. The average molecular weight is 306 g/mol. The largest absolute Gasteiger partial charge is 0.235 e. The van der Waals surface area contributed by atoms with E-state index in [1.54, 1.807) is 22.7 Å². The van der Waals surface area contributed by atoms with Crippen LogP contribution in [0.15, 0.2) is 41.8 Å². The lowest BCUT2D eigenvalue weighted by Crippen LogP contribution is -1.79. The van der Waals surface area contributed by atoms with Crippen molar-refractivity contribution in [3.63, 3.8) is 0 Å². The minimum absolute atomic E-state index is 0.511. The second-order valence-corrected chi connectivity index (χ2v) is 6.57. The van der Waals surface area contributed by atoms with E-state index in [4.69, 9.17) is 16.6 Å². The zero-order valence-corrected chi connectivity index (χ0v) is 12.8. The summed E-state index contributed by atoms with van der Waals surface area (Å²) >= 11 is 9.43. The number of hydrogen-bond acceptors (Lipinski definition) is 3. The maximum absolute atomic E-state index is 6.05. The standard InChI is InChI=1S/C15H12ClNS2/c1-10-4-6-11(7-5-10)15-17-14(13(9-16)19-15)12-3-2-8-18-12/h2-8H,9H2,1H3. The molecule has 1 aromatic carbocycles. The van der Waals surface area contributed by atoms with Gasteiger partial charge < -0.3 is 0 Å². The normalized spacial score (nSPS) is 10.8. The molecule has 0 amide bonds. The quantitative estimate of drug-likeness (QED) is 0.575. The number of thiophene rings is 1. The van der Waals surface area contributed by atoms with Gasteiger partial charge in [-0.25, -0.2) is 4.98 Å². The zero-order valence-electron chi connectivity index (χ0n) is 10.4. The highest BCUT2D eigenvalue weighted by Gasteiger charge is 2.14. The molecule has 3 aromatic rings. The molecular formula is C15H12ClNS2. The number of aromatic nitrogens is 1. The van der Waals surface area contributed by atoms with E-state index in [-0.39, 0.29) is 0 Å². The van der Waals surface area contributed by atoms with E-state index in [0.717, 1.165) is 21.1 Å². The molecule has 1 nitrogen and oxygen atoms in total. The van der Waals surface area contributed by atoms with E-state index in [9.17, 15) is 0 Å². The molecule has 96 valence electrons. The molecule has 0 unspecified atom stereocenters. The first-order valence-electron chi connectivity index (χ1n) is 5.94. The number of benzene rings is 1. The Balaban J connectivity index is 2.07. The van der Waals surface area contributed by atoms with Crippen LogP contribution in [0.2, 0.25) is 0 Å². The average Bonchev–Trinajstić information content (AvgIpc) is 3.08. The first kappa shape index (κ1) is 12.9. The molecule has 19 heavy (non-hydrogen) atoms. The Labute approximate surface area is 125 Å². The van der Waals surface area contributed by atoms with Gasteiger partial charge in [0.15, 0.2) is 0 Å². The molecule has 0 radical (unpaired) electrons. The van der Waals surface area contributed by atoms with Crippen LogP contribution in [0.3, 0.4) is 0 Å². The highest BCUT2D eigenvalue weighted by Crippen LogP contribution is 2.36. The number of halogens is 1. The Morgan fingerprint density at radius 2 is 1.95 bits per heavy atom. The van der Waals surface area contributed by atoms with Gasteiger partial charge in [-0.15, -0.1) is 34.3 Å². The monoisotopic (exact) mass is 305 g/mol. The summed E-state index contributed by atoms with van der Waals surface area (Å²) in [6.07, 6.45) is 0. The van der Waals surface area contributed by atoms with Gasteiger partial charge in [0.25, 0.3) is 0 Å². The molecule has 3 rings (SSSR count). The molecule has 0 aliphatic carbocycles. The van der Waals surface area contributed by atoms with Crippen molar-refractivity contribution in [2.24, 2.45) is 0 Å². The predicted octanol–water partition coefficient (Wildman–Crippen LogP) is 5.59. The zero-order chi connectivity index (χ0) is 13.2. The summed E-state index contributed by atoms with van der Waals surface area (Å²) in [5, 5.41) is 3.11. The Morgan fingerprint density at radius 1 is 1.16 bits per heavy atom. The van der Waals surface area contributed by atoms with Crippen LogP contribution in [-0.4, -0.2) is 4.98 Å². The molecule has 0 fully saturated rings. The van der Waals surface area contributed by atoms with Crippen molar-refractivity contribution in [1.82, 2.24) is 4.98 Å². The lowest BCUT2D eigenvalue weighted by atomic mass is 10.2. The van der Waals surface area contributed by atoms with Crippen molar-refractivity contribution >= 4 is 34.3 Å². The SMILES string of the molecule is Cc1ccc(-c2nc(-c3cccs3)c(CCl)s2)cc1. The summed E-state index contributed by atoms with van der Waals surface area (Å²) in [5.74, 6) is 0.511. The van der Waals surface area contributed by atoms with Crippen LogP contribution in [0, 0.1) is 6.92 Å². The fourth-order valence-corrected chi connectivity index (χ4v) is 3.90. The van der Waals surface area contributed by atoms with E-state index in [2.05, 4.69) is 42.6 Å². The summed E-state index contributed by atoms with van der Waals surface area (Å²) in [4.78, 5) is 7.09. The molecule has 0 aliphatic heterocycles. The number of alkyl halides is 1. The summed E-state index contributed by atoms with van der Waals surface area (Å²) in [6.45, 7) is 2.09. The molecule has 0 atom stereocenters.